The van der Waals surface area contributed by atoms with Crippen LogP contribution in [0.2, 0.25) is 5.02 Å². The van der Waals surface area contributed by atoms with E-state index in [1.165, 1.54) is 5.57 Å². The molecule has 25 heavy (non-hydrogen) atoms. The Morgan fingerprint density at radius 2 is 2.00 bits per heavy atom. The second-order valence-corrected chi connectivity index (χ2v) is 8.32. The second kappa shape index (κ2) is 7.00. The van der Waals surface area contributed by atoms with Crippen LogP contribution in [0.4, 0.5) is 5.82 Å². The average Bonchev–Trinajstić information content (AvgIpc) is 3.07. The van der Waals surface area contributed by atoms with Crippen LogP contribution in [0.1, 0.15) is 52.5 Å². The van der Waals surface area contributed by atoms with E-state index >= 15 is 0 Å². The first kappa shape index (κ1) is 18.3. The predicted molar refractivity (Wildman–Crippen MR) is 108 cm³/mol. The molecule has 0 unspecified atom stereocenters. The van der Waals surface area contributed by atoms with Crippen LogP contribution in [-0.2, 0) is 5.41 Å². The maximum absolute atomic E-state index is 6.43. The molecular formula is C19H24Cl2N4. The van der Waals surface area contributed by atoms with Crippen molar-refractivity contribution >= 4 is 45.6 Å². The van der Waals surface area contributed by atoms with Crippen molar-refractivity contribution in [1.82, 2.24) is 10.2 Å². The van der Waals surface area contributed by atoms with E-state index in [4.69, 9.17) is 23.2 Å². The van der Waals surface area contributed by atoms with Gasteiger partial charge in [0, 0.05) is 22.5 Å². The number of aliphatic imine (C=N–C) groups is 1. The van der Waals surface area contributed by atoms with E-state index in [9.17, 15) is 0 Å². The van der Waals surface area contributed by atoms with Gasteiger partial charge in [-0.3, -0.25) is 5.10 Å². The van der Waals surface area contributed by atoms with Crippen molar-refractivity contribution in [2.24, 2.45) is 4.99 Å². The van der Waals surface area contributed by atoms with E-state index in [0.717, 1.165) is 52.3 Å². The summed E-state index contributed by atoms with van der Waals surface area (Å²) in [6, 6.07) is 4.06. The van der Waals surface area contributed by atoms with Gasteiger partial charge in [0.05, 0.1) is 12.1 Å². The average molecular weight is 379 g/mol. The molecule has 0 saturated heterocycles. The zero-order valence-corrected chi connectivity index (χ0v) is 16.6. The predicted octanol–water partition coefficient (Wildman–Crippen LogP) is 6.02. The topological polar surface area (TPSA) is 53.1 Å². The summed E-state index contributed by atoms with van der Waals surface area (Å²) in [7, 11) is 0. The Morgan fingerprint density at radius 1 is 1.24 bits per heavy atom. The van der Waals surface area contributed by atoms with Crippen molar-refractivity contribution in [2.45, 2.75) is 52.4 Å². The molecule has 1 aromatic heterocycles. The Morgan fingerprint density at radius 3 is 2.68 bits per heavy atom. The molecular weight excluding hydrogens is 355 g/mol. The number of rotatable bonds is 5. The fourth-order valence-electron chi connectivity index (χ4n) is 3.11. The Hall–Kier alpha value is -1.52. The van der Waals surface area contributed by atoms with Gasteiger partial charge in [0.25, 0.3) is 0 Å². The van der Waals surface area contributed by atoms with Crippen molar-refractivity contribution in [3.05, 3.63) is 33.4 Å². The van der Waals surface area contributed by atoms with Gasteiger partial charge in [-0.05, 0) is 35.1 Å². The lowest BCUT2D eigenvalue weighted by Gasteiger charge is -2.20. The molecule has 0 fully saturated rings. The van der Waals surface area contributed by atoms with Crippen molar-refractivity contribution < 1.29 is 0 Å². The van der Waals surface area contributed by atoms with Crippen molar-refractivity contribution in [3.63, 3.8) is 0 Å². The molecule has 0 amide bonds. The number of fused-ring (bicyclic) bond motifs is 1. The molecule has 0 saturated carbocycles. The zero-order valence-electron chi connectivity index (χ0n) is 15.1. The third kappa shape index (κ3) is 3.85. The molecule has 1 aliphatic rings. The summed E-state index contributed by atoms with van der Waals surface area (Å²) in [5, 5.41) is 13.3. The second-order valence-electron chi connectivity index (χ2n) is 7.55. The van der Waals surface area contributed by atoms with Gasteiger partial charge in [0.1, 0.15) is 5.16 Å². The first-order chi connectivity index (χ1) is 11.8. The molecule has 3 rings (SSSR count). The minimum absolute atomic E-state index is 0.0259. The van der Waals surface area contributed by atoms with Gasteiger partial charge in [0.15, 0.2) is 5.82 Å². The van der Waals surface area contributed by atoms with Crippen LogP contribution in [0.15, 0.2) is 27.9 Å². The summed E-state index contributed by atoms with van der Waals surface area (Å²) in [4.78, 5) is 4.48. The maximum atomic E-state index is 6.43. The number of nitrogens with zero attached hydrogens (tertiary/aromatic N) is 2. The molecule has 2 heterocycles. The summed E-state index contributed by atoms with van der Waals surface area (Å²) in [6.07, 6.45) is 2.94. The third-order valence-corrected chi connectivity index (χ3v) is 5.10. The van der Waals surface area contributed by atoms with Gasteiger partial charge in [0.2, 0.25) is 0 Å². The molecule has 0 atom stereocenters. The fourth-order valence-corrected chi connectivity index (χ4v) is 3.83. The van der Waals surface area contributed by atoms with Crippen LogP contribution in [0.5, 0.6) is 0 Å². The lowest BCUT2D eigenvalue weighted by Crippen LogP contribution is -2.13. The summed E-state index contributed by atoms with van der Waals surface area (Å²) in [5.74, 6) is 0.819. The molecule has 2 N–H and O–H groups in total. The van der Waals surface area contributed by atoms with Gasteiger partial charge < -0.3 is 5.32 Å². The number of benzene rings is 1. The SMILES string of the molecule is CCCC1=C(Cl)N=C(CNc2n[nH]c3cc(Cl)c(C(C)(C)C)cc23)C1. The lowest BCUT2D eigenvalue weighted by molar-refractivity contribution is 0.591. The zero-order chi connectivity index (χ0) is 18.2. The molecule has 1 aliphatic heterocycles. The Bertz CT molecular complexity index is 856. The van der Waals surface area contributed by atoms with Crippen LogP contribution < -0.4 is 5.32 Å². The van der Waals surface area contributed by atoms with Gasteiger partial charge in [-0.25, -0.2) is 4.99 Å². The Labute approximate surface area is 158 Å². The van der Waals surface area contributed by atoms with E-state index in [-0.39, 0.29) is 5.41 Å². The van der Waals surface area contributed by atoms with Crippen LogP contribution in [0, 0.1) is 0 Å². The van der Waals surface area contributed by atoms with Gasteiger partial charge in [-0.2, -0.15) is 5.10 Å². The standard InChI is InChI=1S/C19H24Cl2N4/c1-5-6-11-7-12(23-17(11)21)10-22-18-13-8-14(19(2,3)4)15(20)9-16(13)24-25-18/h8-9H,5-7,10H2,1-4H3,(H2,22,24,25). The smallest absolute Gasteiger partial charge is 0.156 e. The van der Waals surface area contributed by atoms with E-state index in [2.05, 4.69) is 54.3 Å². The molecule has 0 bridgehead atoms. The molecule has 0 radical (unpaired) electrons. The van der Waals surface area contributed by atoms with Crippen molar-refractivity contribution in [2.75, 3.05) is 11.9 Å². The monoisotopic (exact) mass is 378 g/mol. The molecule has 0 spiro atoms. The third-order valence-electron chi connectivity index (χ3n) is 4.44. The van der Waals surface area contributed by atoms with Crippen LogP contribution in [0.3, 0.4) is 0 Å². The number of allylic oxidation sites excluding steroid dienone is 1. The number of halogens is 2. The molecule has 0 aliphatic carbocycles. The summed E-state index contributed by atoms with van der Waals surface area (Å²) >= 11 is 12.7. The Kier molecular flexibility index (Phi) is 5.12. The minimum atomic E-state index is -0.0259. The van der Waals surface area contributed by atoms with Gasteiger partial charge in [-0.1, -0.05) is 57.3 Å². The minimum Gasteiger partial charge on any atom is -0.363 e. The van der Waals surface area contributed by atoms with Crippen LogP contribution >= 0.6 is 23.2 Å². The van der Waals surface area contributed by atoms with Crippen LogP contribution in [-0.4, -0.2) is 22.5 Å². The normalized spacial score (nSPS) is 15.2. The first-order valence-corrected chi connectivity index (χ1v) is 9.41. The highest BCUT2D eigenvalue weighted by atomic mass is 35.5. The molecule has 6 heteroatoms. The number of aromatic nitrogens is 2. The van der Waals surface area contributed by atoms with Gasteiger partial charge in [-0.15, -0.1) is 0 Å². The van der Waals surface area contributed by atoms with Crippen LogP contribution in [0.25, 0.3) is 10.9 Å². The highest BCUT2D eigenvalue weighted by Crippen LogP contribution is 2.34. The van der Waals surface area contributed by atoms with Crippen molar-refractivity contribution in [1.29, 1.82) is 0 Å². The largest absolute Gasteiger partial charge is 0.363 e. The molecule has 4 nitrogen and oxygen atoms in total. The molecule has 1 aromatic carbocycles. The lowest BCUT2D eigenvalue weighted by atomic mass is 9.86. The van der Waals surface area contributed by atoms with E-state index in [0.29, 0.717) is 11.7 Å². The number of anilines is 1. The summed E-state index contributed by atoms with van der Waals surface area (Å²) in [6.45, 7) is 9.26. The van der Waals surface area contributed by atoms with Gasteiger partial charge >= 0.3 is 0 Å². The highest BCUT2D eigenvalue weighted by Gasteiger charge is 2.20. The molecule has 2 aromatic rings. The quantitative estimate of drug-likeness (QED) is 0.624. The van der Waals surface area contributed by atoms with E-state index in [1.54, 1.807) is 0 Å². The highest BCUT2D eigenvalue weighted by molar-refractivity contribution is 6.32. The number of nitrogens with one attached hydrogen (secondary N) is 2. The Balaban J connectivity index is 1.78. The number of H-pyrrole nitrogens is 1. The number of hydrogen-bond acceptors (Lipinski definition) is 3. The maximum Gasteiger partial charge on any atom is 0.156 e. The number of hydrogen-bond donors (Lipinski definition) is 2. The summed E-state index contributed by atoms with van der Waals surface area (Å²) in [5.41, 5.74) is 4.29. The van der Waals surface area contributed by atoms with E-state index in [1.807, 2.05) is 6.07 Å². The fraction of sp³-hybridized carbons (Fsp3) is 0.474. The molecule has 134 valence electrons. The first-order valence-electron chi connectivity index (χ1n) is 8.65. The number of aromatic amines is 1. The summed E-state index contributed by atoms with van der Waals surface area (Å²) < 4.78 is 0. The van der Waals surface area contributed by atoms with E-state index < -0.39 is 0 Å². The van der Waals surface area contributed by atoms with Crippen molar-refractivity contribution in [3.8, 4) is 0 Å².